The number of benzene rings is 1. The summed E-state index contributed by atoms with van der Waals surface area (Å²) in [5.41, 5.74) is 3.91. The fourth-order valence-electron chi connectivity index (χ4n) is 1.76. The van der Waals surface area contributed by atoms with Crippen LogP contribution in [0.2, 0.25) is 13.1 Å². The third kappa shape index (κ3) is 3.32. The first kappa shape index (κ1) is 13.5. The van der Waals surface area contributed by atoms with Crippen molar-refractivity contribution < 1.29 is 4.43 Å². The van der Waals surface area contributed by atoms with Crippen molar-refractivity contribution in [2.24, 2.45) is 4.99 Å². The largest absolute Gasteiger partial charge is 0.541 e. The molecule has 0 atom stereocenters. The topological polar surface area (TPSA) is 50.3 Å². The number of H-pyrrole nitrogens is 1. The molecule has 0 unspecified atom stereocenters. The molecular formula is C14H18N3OSi. The zero-order valence-corrected chi connectivity index (χ0v) is 12.7. The molecule has 0 aliphatic rings. The summed E-state index contributed by atoms with van der Waals surface area (Å²) in [6.45, 7) is 8.26. The summed E-state index contributed by atoms with van der Waals surface area (Å²) in [6, 6.07) is 6.03. The maximum Gasteiger partial charge on any atom is 0.274 e. The minimum atomic E-state index is -0.807. The zero-order chi connectivity index (χ0) is 13.8. The first-order chi connectivity index (χ1) is 9.08. The Morgan fingerprint density at radius 3 is 2.79 bits per heavy atom. The third-order valence-corrected chi connectivity index (χ3v) is 3.31. The van der Waals surface area contributed by atoms with E-state index in [2.05, 4.69) is 28.3 Å². The van der Waals surface area contributed by atoms with Crippen molar-refractivity contribution in [1.82, 2.24) is 10.2 Å². The Morgan fingerprint density at radius 1 is 1.37 bits per heavy atom. The molecular weight excluding hydrogens is 254 g/mol. The number of nitrogens with one attached hydrogen (secondary N) is 1. The predicted molar refractivity (Wildman–Crippen MR) is 79.7 cm³/mol. The van der Waals surface area contributed by atoms with Gasteiger partial charge in [-0.05, 0) is 38.6 Å². The van der Waals surface area contributed by atoms with E-state index in [9.17, 15) is 0 Å². The highest BCUT2D eigenvalue weighted by Gasteiger charge is 2.10. The smallest absolute Gasteiger partial charge is 0.274 e. The SMILES string of the molecule is CC(=Nc1cccc(C)c1O[Si](C)C)c1cn[nH]c1. The minimum absolute atomic E-state index is 0.807. The van der Waals surface area contributed by atoms with Gasteiger partial charge in [0, 0.05) is 17.5 Å². The highest BCUT2D eigenvalue weighted by molar-refractivity contribution is 6.49. The molecule has 0 spiro atoms. The molecule has 0 saturated heterocycles. The van der Waals surface area contributed by atoms with Crippen molar-refractivity contribution in [2.45, 2.75) is 26.9 Å². The monoisotopic (exact) mass is 272 g/mol. The zero-order valence-electron chi connectivity index (χ0n) is 11.7. The van der Waals surface area contributed by atoms with Gasteiger partial charge in [-0.15, -0.1) is 0 Å². The van der Waals surface area contributed by atoms with E-state index >= 15 is 0 Å². The second-order valence-electron chi connectivity index (χ2n) is 4.62. The van der Waals surface area contributed by atoms with E-state index in [-0.39, 0.29) is 0 Å². The first-order valence-corrected chi connectivity index (χ1v) is 8.61. The number of aliphatic imine (C=N–C) groups is 1. The van der Waals surface area contributed by atoms with Crippen LogP contribution in [0.3, 0.4) is 0 Å². The summed E-state index contributed by atoms with van der Waals surface area (Å²) in [5, 5.41) is 6.74. The lowest BCUT2D eigenvalue weighted by atomic mass is 10.2. The lowest BCUT2D eigenvalue weighted by molar-refractivity contribution is 0.577. The van der Waals surface area contributed by atoms with Crippen LogP contribution in [-0.4, -0.2) is 24.9 Å². The highest BCUT2D eigenvalue weighted by Crippen LogP contribution is 2.32. The maximum atomic E-state index is 5.97. The first-order valence-electron chi connectivity index (χ1n) is 6.20. The van der Waals surface area contributed by atoms with Crippen LogP contribution in [0.5, 0.6) is 5.75 Å². The molecule has 0 amide bonds. The normalized spacial score (nSPS) is 11.9. The van der Waals surface area contributed by atoms with Crippen molar-refractivity contribution in [3.63, 3.8) is 0 Å². The summed E-state index contributed by atoms with van der Waals surface area (Å²) in [6.07, 6.45) is 3.61. The number of rotatable bonds is 4. The molecule has 99 valence electrons. The van der Waals surface area contributed by atoms with Crippen molar-refractivity contribution in [1.29, 1.82) is 0 Å². The van der Waals surface area contributed by atoms with Crippen LogP contribution >= 0.6 is 0 Å². The van der Waals surface area contributed by atoms with E-state index in [0.717, 1.165) is 28.3 Å². The van der Waals surface area contributed by atoms with Gasteiger partial charge < -0.3 is 4.43 Å². The summed E-state index contributed by atoms with van der Waals surface area (Å²) in [7, 11) is -0.807. The molecule has 19 heavy (non-hydrogen) atoms. The van der Waals surface area contributed by atoms with Gasteiger partial charge in [0.15, 0.2) is 0 Å². The second-order valence-corrected chi connectivity index (χ2v) is 6.64. The third-order valence-electron chi connectivity index (χ3n) is 2.70. The Morgan fingerprint density at radius 2 is 2.16 bits per heavy atom. The number of aromatic amines is 1. The number of hydrogen-bond donors (Lipinski definition) is 1. The second kappa shape index (κ2) is 5.84. The predicted octanol–water partition coefficient (Wildman–Crippen LogP) is 3.49. The van der Waals surface area contributed by atoms with Gasteiger partial charge in [-0.1, -0.05) is 12.1 Å². The molecule has 0 aliphatic carbocycles. The summed E-state index contributed by atoms with van der Waals surface area (Å²) >= 11 is 0. The van der Waals surface area contributed by atoms with Crippen LogP contribution < -0.4 is 4.43 Å². The Hall–Kier alpha value is -1.88. The Labute approximate surface area is 115 Å². The quantitative estimate of drug-likeness (QED) is 0.684. The van der Waals surface area contributed by atoms with Gasteiger partial charge in [0.25, 0.3) is 9.04 Å². The van der Waals surface area contributed by atoms with E-state index in [1.54, 1.807) is 6.20 Å². The lowest BCUT2D eigenvalue weighted by Gasteiger charge is -2.14. The Kier molecular flexibility index (Phi) is 4.16. The molecule has 2 aromatic rings. The van der Waals surface area contributed by atoms with E-state index in [1.807, 2.05) is 38.2 Å². The van der Waals surface area contributed by atoms with Crippen LogP contribution in [0.1, 0.15) is 18.1 Å². The van der Waals surface area contributed by atoms with E-state index in [1.165, 1.54) is 0 Å². The van der Waals surface area contributed by atoms with Gasteiger partial charge in [-0.3, -0.25) is 5.10 Å². The molecule has 2 rings (SSSR count). The van der Waals surface area contributed by atoms with Gasteiger partial charge in [0.2, 0.25) is 0 Å². The van der Waals surface area contributed by atoms with E-state index in [0.29, 0.717) is 0 Å². The molecule has 0 bridgehead atoms. The Bertz CT molecular complexity index is 576. The van der Waals surface area contributed by atoms with Gasteiger partial charge in [-0.2, -0.15) is 5.10 Å². The molecule has 0 saturated carbocycles. The van der Waals surface area contributed by atoms with Gasteiger partial charge in [-0.25, -0.2) is 4.99 Å². The minimum Gasteiger partial charge on any atom is -0.541 e. The van der Waals surface area contributed by atoms with Gasteiger partial charge in [0.05, 0.1) is 6.20 Å². The molecule has 1 aromatic carbocycles. The maximum absolute atomic E-state index is 5.97. The number of nitrogens with zero attached hydrogens (tertiary/aromatic N) is 2. The van der Waals surface area contributed by atoms with Crippen LogP contribution in [-0.2, 0) is 0 Å². The van der Waals surface area contributed by atoms with Crippen molar-refractivity contribution in [3.05, 3.63) is 41.7 Å². The van der Waals surface area contributed by atoms with Crippen molar-refractivity contribution in [2.75, 3.05) is 0 Å². The molecule has 5 heteroatoms. The van der Waals surface area contributed by atoms with Gasteiger partial charge in [0.1, 0.15) is 11.4 Å². The molecule has 4 nitrogen and oxygen atoms in total. The summed E-state index contributed by atoms with van der Waals surface area (Å²) < 4.78 is 5.97. The summed E-state index contributed by atoms with van der Waals surface area (Å²) in [4.78, 5) is 4.66. The fourth-order valence-corrected chi connectivity index (χ4v) is 2.43. The fraction of sp³-hybridized carbons (Fsp3) is 0.286. The van der Waals surface area contributed by atoms with Crippen LogP contribution in [0.15, 0.2) is 35.6 Å². The van der Waals surface area contributed by atoms with Crippen LogP contribution in [0, 0.1) is 6.92 Å². The van der Waals surface area contributed by atoms with Gasteiger partial charge >= 0.3 is 0 Å². The van der Waals surface area contributed by atoms with Crippen LogP contribution in [0.4, 0.5) is 5.69 Å². The molecule has 0 aliphatic heterocycles. The number of aryl methyl sites for hydroxylation is 1. The number of aromatic nitrogens is 2. The average molecular weight is 272 g/mol. The molecule has 1 heterocycles. The number of hydrogen-bond acceptors (Lipinski definition) is 3. The van der Waals surface area contributed by atoms with E-state index in [4.69, 9.17) is 4.43 Å². The molecule has 1 aromatic heterocycles. The van der Waals surface area contributed by atoms with Crippen molar-refractivity contribution >= 4 is 20.4 Å². The average Bonchev–Trinajstić information content (AvgIpc) is 2.87. The Balaban J connectivity index is 2.39. The standard InChI is InChI=1S/C14H18N3OSi/c1-10-6-5-7-13(14(10)18-19(3)4)17-11(2)12-8-15-16-9-12/h5-9H,1-4H3,(H,15,16). The molecule has 0 fully saturated rings. The van der Waals surface area contributed by atoms with Crippen molar-refractivity contribution in [3.8, 4) is 5.75 Å². The molecule has 1 N–H and O–H groups in total. The van der Waals surface area contributed by atoms with Crippen LogP contribution in [0.25, 0.3) is 0 Å². The molecule has 1 radical (unpaired) electrons. The highest BCUT2D eigenvalue weighted by atomic mass is 28.3. The summed E-state index contributed by atoms with van der Waals surface area (Å²) in [5.74, 6) is 0.893. The lowest BCUT2D eigenvalue weighted by Crippen LogP contribution is -2.12. The van der Waals surface area contributed by atoms with E-state index < -0.39 is 9.04 Å². The number of para-hydroxylation sites is 1.